The Morgan fingerprint density at radius 1 is 1.22 bits per heavy atom. The average molecular weight is 375 g/mol. The van der Waals surface area contributed by atoms with Crippen LogP contribution in [0.1, 0.15) is 29.3 Å². The first-order chi connectivity index (χ1) is 11.1. The molecule has 2 aromatic carbocycles. The number of ether oxygens (including phenoxy) is 1. The topological polar surface area (TPSA) is 67.8 Å². The van der Waals surface area contributed by atoms with E-state index in [2.05, 4.69) is 26.5 Å². The molecule has 0 spiro atoms. The van der Waals surface area contributed by atoms with Crippen LogP contribution in [0.15, 0.2) is 58.1 Å². The van der Waals surface area contributed by atoms with Crippen LogP contribution in [0, 0.1) is 0 Å². The zero-order valence-electron chi connectivity index (χ0n) is 12.5. The fourth-order valence-electron chi connectivity index (χ4n) is 1.72. The second-order valence-electron chi connectivity index (χ2n) is 4.57. The summed E-state index contributed by atoms with van der Waals surface area (Å²) < 4.78 is 6.04. The molecule has 0 heterocycles. The van der Waals surface area contributed by atoms with Crippen LogP contribution in [-0.4, -0.2) is 18.1 Å². The predicted molar refractivity (Wildman–Crippen MR) is 91.6 cm³/mol. The maximum atomic E-state index is 11.9. The maximum absolute atomic E-state index is 11.9. The van der Waals surface area contributed by atoms with Gasteiger partial charge in [-0.15, -0.1) is 0 Å². The maximum Gasteiger partial charge on any atom is 0.310 e. The van der Waals surface area contributed by atoms with Crippen LogP contribution in [0.4, 0.5) is 0 Å². The number of halogens is 1. The zero-order valence-corrected chi connectivity index (χ0v) is 14.0. The smallest absolute Gasteiger partial charge is 0.310 e. The van der Waals surface area contributed by atoms with Gasteiger partial charge in [0.1, 0.15) is 5.75 Å². The van der Waals surface area contributed by atoms with Crippen molar-refractivity contribution in [3.8, 4) is 5.75 Å². The first-order valence-electron chi connectivity index (χ1n) is 6.99. The third-order valence-corrected chi connectivity index (χ3v) is 3.38. The third kappa shape index (κ3) is 5.03. The Kier molecular flexibility index (Phi) is 6.05. The second kappa shape index (κ2) is 8.24. The number of benzene rings is 2. The molecule has 0 aliphatic carbocycles. The van der Waals surface area contributed by atoms with Crippen molar-refractivity contribution in [2.24, 2.45) is 5.10 Å². The zero-order chi connectivity index (χ0) is 16.7. The Hall–Kier alpha value is -2.47. The Labute approximate surface area is 142 Å². The predicted octanol–water partition coefficient (Wildman–Crippen LogP) is 3.53. The highest BCUT2D eigenvalue weighted by Crippen LogP contribution is 2.22. The molecule has 2 rings (SSSR count). The molecule has 0 atom stereocenters. The van der Waals surface area contributed by atoms with E-state index in [1.54, 1.807) is 49.4 Å². The van der Waals surface area contributed by atoms with Crippen LogP contribution < -0.4 is 10.2 Å². The fraction of sp³-hybridized carbons (Fsp3) is 0.118. The van der Waals surface area contributed by atoms with Gasteiger partial charge in [-0.05, 0) is 30.3 Å². The summed E-state index contributed by atoms with van der Waals surface area (Å²) in [6.07, 6.45) is 1.71. The number of carbonyl (C=O) groups excluding carboxylic acids is 2. The molecule has 0 fully saturated rings. The number of hydrogen-bond donors (Lipinski definition) is 1. The lowest BCUT2D eigenvalue weighted by atomic mass is 10.2. The molecular weight excluding hydrogens is 360 g/mol. The summed E-state index contributed by atoms with van der Waals surface area (Å²) in [4.78, 5) is 23.3. The molecule has 0 bridgehead atoms. The second-order valence-corrected chi connectivity index (χ2v) is 5.49. The largest absolute Gasteiger partial charge is 0.426 e. The van der Waals surface area contributed by atoms with Crippen molar-refractivity contribution in [3.05, 3.63) is 64.1 Å². The van der Waals surface area contributed by atoms with E-state index in [9.17, 15) is 9.59 Å². The van der Waals surface area contributed by atoms with Crippen LogP contribution in [0.5, 0.6) is 5.75 Å². The molecule has 1 amide bonds. The van der Waals surface area contributed by atoms with Gasteiger partial charge >= 0.3 is 5.97 Å². The fourth-order valence-corrected chi connectivity index (χ4v) is 2.10. The monoisotopic (exact) mass is 374 g/mol. The number of nitrogens with one attached hydrogen (secondary N) is 1. The molecule has 0 aliphatic heterocycles. The summed E-state index contributed by atoms with van der Waals surface area (Å²) in [5.74, 6) is -0.267. The normalized spacial score (nSPS) is 10.5. The Morgan fingerprint density at radius 3 is 2.65 bits per heavy atom. The molecule has 0 unspecified atom stereocenters. The van der Waals surface area contributed by atoms with Crippen LogP contribution in [0.25, 0.3) is 0 Å². The molecule has 118 valence electrons. The van der Waals surface area contributed by atoms with Gasteiger partial charge in [0, 0.05) is 22.0 Å². The molecule has 0 saturated carbocycles. The molecule has 23 heavy (non-hydrogen) atoms. The van der Waals surface area contributed by atoms with E-state index in [1.165, 1.54) is 6.21 Å². The van der Waals surface area contributed by atoms with Gasteiger partial charge in [-0.2, -0.15) is 5.10 Å². The third-order valence-electron chi connectivity index (χ3n) is 2.89. The SMILES string of the molecule is CCC(=O)Oc1ccc(Br)cc1/C=N/NC(=O)c1ccccc1. The van der Waals surface area contributed by atoms with E-state index in [1.807, 2.05) is 6.07 Å². The van der Waals surface area contributed by atoms with Crippen LogP contribution in [0.3, 0.4) is 0 Å². The Morgan fingerprint density at radius 2 is 1.96 bits per heavy atom. The first-order valence-corrected chi connectivity index (χ1v) is 7.78. The van der Waals surface area contributed by atoms with E-state index in [0.717, 1.165) is 4.47 Å². The highest BCUT2D eigenvalue weighted by Gasteiger charge is 2.08. The van der Waals surface area contributed by atoms with Crippen molar-refractivity contribution in [3.63, 3.8) is 0 Å². The highest BCUT2D eigenvalue weighted by molar-refractivity contribution is 9.10. The van der Waals surface area contributed by atoms with Crippen molar-refractivity contribution >= 4 is 34.0 Å². The molecular formula is C17H15BrN2O3. The van der Waals surface area contributed by atoms with E-state index < -0.39 is 0 Å². The van der Waals surface area contributed by atoms with Gasteiger partial charge in [-0.3, -0.25) is 9.59 Å². The van der Waals surface area contributed by atoms with Crippen LogP contribution in [0.2, 0.25) is 0 Å². The molecule has 0 aromatic heterocycles. The molecule has 5 nitrogen and oxygen atoms in total. The van der Waals surface area contributed by atoms with Gasteiger partial charge < -0.3 is 4.74 Å². The van der Waals surface area contributed by atoms with Crippen molar-refractivity contribution in [2.45, 2.75) is 13.3 Å². The summed E-state index contributed by atoms with van der Waals surface area (Å²) in [6, 6.07) is 13.9. The summed E-state index contributed by atoms with van der Waals surface area (Å²) in [5.41, 5.74) is 3.53. The lowest BCUT2D eigenvalue weighted by Crippen LogP contribution is -2.17. The highest BCUT2D eigenvalue weighted by atomic mass is 79.9. The molecule has 0 radical (unpaired) electrons. The van der Waals surface area contributed by atoms with Crippen LogP contribution >= 0.6 is 15.9 Å². The lowest BCUT2D eigenvalue weighted by molar-refractivity contribution is -0.134. The standard InChI is InChI=1S/C17H15BrN2O3/c1-2-16(21)23-15-9-8-14(18)10-13(15)11-19-20-17(22)12-6-4-3-5-7-12/h3-11H,2H2,1H3,(H,20,22)/b19-11+. The Balaban J connectivity index is 2.11. The number of hydrazone groups is 1. The number of rotatable bonds is 5. The van der Waals surface area contributed by atoms with Crippen molar-refractivity contribution in [2.75, 3.05) is 0 Å². The van der Waals surface area contributed by atoms with Gasteiger partial charge in [0.25, 0.3) is 5.91 Å². The minimum Gasteiger partial charge on any atom is -0.426 e. The van der Waals surface area contributed by atoms with Crippen molar-refractivity contribution in [1.29, 1.82) is 0 Å². The van der Waals surface area contributed by atoms with E-state index >= 15 is 0 Å². The first kappa shape index (κ1) is 16.9. The quantitative estimate of drug-likeness (QED) is 0.376. The van der Waals surface area contributed by atoms with Gasteiger partial charge in [0.2, 0.25) is 0 Å². The Bertz CT molecular complexity index is 730. The average Bonchev–Trinajstić information content (AvgIpc) is 2.57. The number of carbonyl (C=O) groups is 2. The summed E-state index contributed by atoms with van der Waals surface area (Å²) >= 11 is 3.35. The van der Waals surface area contributed by atoms with Crippen LogP contribution in [-0.2, 0) is 4.79 Å². The summed E-state index contributed by atoms with van der Waals surface area (Å²) in [6.45, 7) is 1.72. The molecule has 1 N–H and O–H groups in total. The number of amides is 1. The molecule has 6 heteroatoms. The summed E-state index contributed by atoms with van der Waals surface area (Å²) in [5, 5.41) is 3.92. The minimum absolute atomic E-state index is 0.275. The van der Waals surface area contributed by atoms with E-state index in [-0.39, 0.29) is 18.3 Å². The van der Waals surface area contributed by atoms with Crippen molar-refractivity contribution in [1.82, 2.24) is 5.43 Å². The van der Waals surface area contributed by atoms with Gasteiger partial charge in [0.05, 0.1) is 6.21 Å². The van der Waals surface area contributed by atoms with Crippen molar-refractivity contribution < 1.29 is 14.3 Å². The van der Waals surface area contributed by atoms with Gasteiger partial charge in [-0.25, -0.2) is 5.43 Å². The number of esters is 1. The lowest BCUT2D eigenvalue weighted by Gasteiger charge is -2.07. The van der Waals surface area contributed by atoms with E-state index in [0.29, 0.717) is 16.9 Å². The molecule has 0 saturated heterocycles. The minimum atomic E-state index is -0.338. The van der Waals surface area contributed by atoms with Gasteiger partial charge in [-0.1, -0.05) is 41.1 Å². The molecule has 2 aromatic rings. The summed E-state index contributed by atoms with van der Waals surface area (Å²) in [7, 11) is 0. The number of nitrogens with zero attached hydrogens (tertiary/aromatic N) is 1. The van der Waals surface area contributed by atoms with E-state index in [4.69, 9.17) is 4.74 Å². The molecule has 0 aliphatic rings. The number of hydrogen-bond acceptors (Lipinski definition) is 4. The van der Waals surface area contributed by atoms with Gasteiger partial charge in [0.15, 0.2) is 0 Å².